The Bertz CT molecular complexity index is 778. The fourth-order valence-corrected chi connectivity index (χ4v) is 4.44. The molecule has 4 heterocycles. The fraction of sp³-hybridized carbons (Fsp3) is 0.571. The van der Waals surface area contributed by atoms with Crippen molar-refractivity contribution in [2.75, 3.05) is 19.7 Å². The van der Waals surface area contributed by atoms with Gasteiger partial charge < -0.3 is 9.72 Å². The highest BCUT2D eigenvalue weighted by Gasteiger charge is 2.32. The Morgan fingerprint density at radius 3 is 3.33 bits per heavy atom. The summed E-state index contributed by atoms with van der Waals surface area (Å²) in [7, 11) is 0. The molecular weight excluding hydrogens is 306 g/mol. The number of hydrogen-bond donors (Lipinski definition) is 1. The number of ether oxygens (including phenoxy) is 1. The van der Waals surface area contributed by atoms with E-state index in [4.69, 9.17) is 17.0 Å². The first-order chi connectivity index (χ1) is 10.2. The van der Waals surface area contributed by atoms with Crippen molar-refractivity contribution in [1.82, 2.24) is 14.5 Å². The van der Waals surface area contributed by atoms with Gasteiger partial charge >= 0.3 is 0 Å². The summed E-state index contributed by atoms with van der Waals surface area (Å²) in [5.41, 5.74) is -0.0119. The van der Waals surface area contributed by atoms with Crippen LogP contribution in [-0.4, -0.2) is 46.3 Å². The molecule has 112 valence electrons. The predicted molar refractivity (Wildman–Crippen MR) is 85.6 cm³/mol. The Balaban J connectivity index is 1.62. The number of nitrogens with one attached hydrogen (secondary N) is 1. The van der Waals surface area contributed by atoms with Crippen LogP contribution in [0.5, 0.6) is 0 Å². The lowest BCUT2D eigenvalue weighted by molar-refractivity contribution is -0.0557. The summed E-state index contributed by atoms with van der Waals surface area (Å²) in [6, 6.07) is 2.43. The van der Waals surface area contributed by atoms with E-state index in [1.54, 1.807) is 4.57 Å². The minimum Gasteiger partial charge on any atom is -0.373 e. The number of morpholine rings is 1. The maximum atomic E-state index is 12.5. The van der Waals surface area contributed by atoms with Crippen LogP contribution in [0.1, 0.15) is 12.8 Å². The van der Waals surface area contributed by atoms with Crippen molar-refractivity contribution in [2.45, 2.75) is 31.5 Å². The second-order valence-corrected chi connectivity index (χ2v) is 7.06. The lowest BCUT2D eigenvalue weighted by Gasteiger charge is -2.35. The fourth-order valence-electron chi connectivity index (χ4n) is 3.34. The van der Waals surface area contributed by atoms with E-state index >= 15 is 0 Å². The summed E-state index contributed by atoms with van der Waals surface area (Å²) in [4.78, 5) is 19.0. The summed E-state index contributed by atoms with van der Waals surface area (Å²) in [6.45, 7) is 3.35. The zero-order valence-corrected chi connectivity index (χ0v) is 13.2. The minimum absolute atomic E-state index is 0.0119. The summed E-state index contributed by atoms with van der Waals surface area (Å²) in [6.07, 6.45) is 2.53. The van der Waals surface area contributed by atoms with Gasteiger partial charge in [-0.1, -0.05) is 0 Å². The van der Waals surface area contributed by atoms with E-state index in [0.29, 0.717) is 22.7 Å². The van der Waals surface area contributed by atoms with Crippen LogP contribution in [0.4, 0.5) is 0 Å². The first-order valence-corrected chi connectivity index (χ1v) is 8.57. The van der Waals surface area contributed by atoms with Gasteiger partial charge in [0.1, 0.15) is 4.83 Å². The molecule has 0 amide bonds. The first-order valence-electron chi connectivity index (χ1n) is 7.28. The van der Waals surface area contributed by atoms with Gasteiger partial charge in [-0.05, 0) is 43.1 Å². The molecule has 7 heteroatoms. The van der Waals surface area contributed by atoms with Gasteiger partial charge in [-0.2, -0.15) is 0 Å². The Morgan fingerprint density at radius 2 is 2.43 bits per heavy atom. The molecule has 2 aromatic rings. The molecule has 0 bridgehead atoms. The van der Waals surface area contributed by atoms with Gasteiger partial charge in [-0.3, -0.25) is 14.3 Å². The average Bonchev–Trinajstić information content (AvgIpc) is 3.11. The first kappa shape index (κ1) is 13.6. The number of rotatable bonds is 2. The Kier molecular flexibility index (Phi) is 3.45. The highest BCUT2D eigenvalue weighted by molar-refractivity contribution is 7.71. The monoisotopic (exact) mass is 323 g/mol. The molecule has 0 saturated carbocycles. The van der Waals surface area contributed by atoms with Crippen LogP contribution in [-0.2, 0) is 11.3 Å². The number of aromatic nitrogens is 2. The standard InChI is InChI=1S/C14H17N3O2S2/c18-13-11-3-5-21-12(11)15-14(20)17(13)7-10-6-16-4-1-2-9(16)8-19-10/h3,5,9-10H,1-2,4,6-8H2,(H,15,20). The number of hydrogen-bond acceptors (Lipinski definition) is 5. The van der Waals surface area contributed by atoms with E-state index in [0.717, 1.165) is 24.5 Å². The van der Waals surface area contributed by atoms with Crippen molar-refractivity contribution < 1.29 is 4.74 Å². The van der Waals surface area contributed by atoms with Gasteiger partial charge in [0, 0.05) is 12.6 Å². The van der Waals surface area contributed by atoms with E-state index in [-0.39, 0.29) is 11.7 Å². The zero-order chi connectivity index (χ0) is 14.4. The van der Waals surface area contributed by atoms with E-state index in [1.807, 2.05) is 11.4 Å². The van der Waals surface area contributed by atoms with Crippen molar-refractivity contribution in [3.63, 3.8) is 0 Å². The largest absolute Gasteiger partial charge is 0.373 e. The topological polar surface area (TPSA) is 50.3 Å². The molecule has 2 saturated heterocycles. The average molecular weight is 323 g/mol. The Morgan fingerprint density at radius 1 is 1.52 bits per heavy atom. The number of nitrogens with zero attached hydrogens (tertiary/aromatic N) is 2. The molecule has 5 nitrogen and oxygen atoms in total. The zero-order valence-electron chi connectivity index (χ0n) is 11.6. The molecule has 2 aliphatic heterocycles. The molecule has 2 aliphatic rings. The Labute approximate surface area is 131 Å². The molecule has 21 heavy (non-hydrogen) atoms. The second kappa shape index (κ2) is 5.31. The summed E-state index contributed by atoms with van der Waals surface area (Å²) in [5, 5.41) is 2.62. The predicted octanol–water partition coefficient (Wildman–Crippen LogP) is 1.98. The molecule has 2 fully saturated rings. The third-order valence-electron chi connectivity index (χ3n) is 4.45. The summed E-state index contributed by atoms with van der Waals surface area (Å²) in [5.74, 6) is 0. The van der Waals surface area contributed by atoms with Gasteiger partial charge in [0.15, 0.2) is 4.77 Å². The van der Waals surface area contributed by atoms with Crippen LogP contribution in [0.3, 0.4) is 0 Å². The molecule has 0 spiro atoms. The summed E-state index contributed by atoms with van der Waals surface area (Å²) < 4.78 is 8.07. The molecule has 0 aromatic carbocycles. The van der Waals surface area contributed by atoms with Gasteiger partial charge in [0.25, 0.3) is 5.56 Å². The van der Waals surface area contributed by atoms with E-state index in [2.05, 4.69) is 9.88 Å². The van der Waals surface area contributed by atoms with Crippen molar-refractivity contribution >= 4 is 33.8 Å². The van der Waals surface area contributed by atoms with Crippen LogP contribution in [0.25, 0.3) is 10.2 Å². The molecule has 2 atom stereocenters. The summed E-state index contributed by atoms with van der Waals surface area (Å²) >= 11 is 6.85. The highest BCUT2D eigenvalue weighted by Crippen LogP contribution is 2.23. The molecule has 2 unspecified atom stereocenters. The van der Waals surface area contributed by atoms with E-state index in [1.165, 1.54) is 24.2 Å². The van der Waals surface area contributed by atoms with Gasteiger partial charge in [0.2, 0.25) is 0 Å². The molecule has 0 aliphatic carbocycles. The molecule has 1 N–H and O–H groups in total. The van der Waals surface area contributed by atoms with Crippen molar-refractivity contribution in [1.29, 1.82) is 0 Å². The molecule has 4 rings (SSSR count). The molecular formula is C14H17N3O2S2. The van der Waals surface area contributed by atoms with E-state index in [9.17, 15) is 4.79 Å². The third kappa shape index (κ3) is 2.38. The van der Waals surface area contributed by atoms with Crippen LogP contribution in [0.15, 0.2) is 16.2 Å². The maximum Gasteiger partial charge on any atom is 0.263 e. The number of thiophene rings is 1. The minimum atomic E-state index is -0.0119. The van der Waals surface area contributed by atoms with Gasteiger partial charge in [0.05, 0.1) is 24.6 Å². The second-order valence-electron chi connectivity index (χ2n) is 5.76. The van der Waals surface area contributed by atoms with Gasteiger partial charge in [-0.15, -0.1) is 11.3 Å². The van der Waals surface area contributed by atoms with Gasteiger partial charge in [-0.25, -0.2) is 0 Å². The third-order valence-corrected chi connectivity index (χ3v) is 5.61. The molecule has 2 aromatic heterocycles. The van der Waals surface area contributed by atoms with E-state index < -0.39 is 0 Å². The van der Waals surface area contributed by atoms with Crippen LogP contribution >= 0.6 is 23.6 Å². The quantitative estimate of drug-likeness (QED) is 0.859. The lowest BCUT2D eigenvalue weighted by Crippen LogP contribution is -2.48. The van der Waals surface area contributed by atoms with Crippen LogP contribution in [0.2, 0.25) is 0 Å². The Hall–Kier alpha value is -1.02. The van der Waals surface area contributed by atoms with Crippen LogP contribution in [0, 0.1) is 4.77 Å². The number of H-pyrrole nitrogens is 1. The normalized spacial score (nSPS) is 26.3. The van der Waals surface area contributed by atoms with Crippen molar-refractivity contribution in [3.8, 4) is 0 Å². The van der Waals surface area contributed by atoms with Crippen molar-refractivity contribution in [3.05, 3.63) is 26.6 Å². The smallest absolute Gasteiger partial charge is 0.263 e. The highest BCUT2D eigenvalue weighted by atomic mass is 32.1. The maximum absolute atomic E-state index is 12.5. The number of aromatic amines is 1. The van der Waals surface area contributed by atoms with Crippen molar-refractivity contribution in [2.24, 2.45) is 0 Å². The number of fused-ring (bicyclic) bond motifs is 2. The lowest BCUT2D eigenvalue weighted by atomic mass is 10.2. The SMILES string of the molecule is O=c1c2ccsc2[nH]c(=S)n1CC1CN2CCCC2CO1. The van der Waals surface area contributed by atoms with Crippen LogP contribution < -0.4 is 5.56 Å². The molecule has 0 radical (unpaired) electrons.